The average Bonchev–Trinajstić information content (AvgIpc) is 2.88. The summed E-state index contributed by atoms with van der Waals surface area (Å²) in [5.41, 5.74) is 3.23. The molecule has 0 radical (unpaired) electrons. The molecule has 11 nitrogen and oxygen atoms in total. The molecule has 0 aliphatic rings. The van der Waals surface area contributed by atoms with E-state index in [2.05, 4.69) is 10.5 Å². The van der Waals surface area contributed by atoms with Crippen LogP contribution in [0.5, 0.6) is 23.0 Å². The number of esters is 1. The van der Waals surface area contributed by atoms with Crippen molar-refractivity contribution in [3.8, 4) is 23.0 Å². The zero-order valence-corrected chi connectivity index (χ0v) is 19.0. The highest BCUT2D eigenvalue weighted by molar-refractivity contribution is 5.95. The topological polar surface area (TPSA) is 139 Å². The molecular weight excluding hydrogens is 458 g/mol. The molecule has 0 atom stereocenters. The molecule has 11 heteroatoms. The van der Waals surface area contributed by atoms with E-state index < -0.39 is 16.8 Å². The number of ether oxygens (including phenoxy) is 4. The lowest BCUT2D eigenvalue weighted by Gasteiger charge is -2.11. The summed E-state index contributed by atoms with van der Waals surface area (Å²) in [4.78, 5) is 34.9. The Morgan fingerprint density at radius 2 is 1.43 bits per heavy atom. The molecule has 1 amide bonds. The summed E-state index contributed by atoms with van der Waals surface area (Å²) in [6.07, 6.45) is 1.37. The zero-order chi connectivity index (χ0) is 25.4. The summed E-state index contributed by atoms with van der Waals surface area (Å²) in [6, 6.07) is 14.5. The van der Waals surface area contributed by atoms with E-state index in [0.717, 1.165) is 0 Å². The lowest BCUT2D eigenvalue weighted by Crippen LogP contribution is -2.17. The van der Waals surface area contributed by atoms with E-state index >= 15 is 0 Å². The predicted molar refractivity (Wildman–Crippen MR) is 126 cm³/mol. The molecule has 0 saturated carbocycles. The second kappa shape index (κ2) is 11.3. The number of non-ortho nitro benzene ring substituents is 1. The lowest BCUT2D eigenvalue weighted by atomic mass is 10.2. The molecule has 35 heavy (non-hydrogen) atoms. The standard InChI is InChI=1S/C24H21N3O8/c1-32-19-11-7-17(13-22(19)34-3)24(29)35-20-10-4-15(12-21(20)33-2)14-25-26-23(28)16-5-8-18(9-6-16)27(30)31/h4-14H,1-3H3,(H,26,28)/b25-14+. The van der Waals surface area contributed by atoms with Gasteiger partial charge in [0.2, 0.25) is 0 Å². The number of nitrogens with one attached hydrogen (secondary N) is 1. The molecule has 0 aliphatic heterocycles. The van der Waals surface area contributed by atoms with E-state index in [9.17, 15) is 19.7 Å². The van der Waals surface area contributed by atoms with Crippen LogP contribution in [0.2, 0.25) is 0 Å². The largest absolute Gasteiger partial charge is 0.493 e. The van der Waals surface area contributed by atoms with E-state index in [-0.39, 0.29) is 28.3 Å². The van der Waals surface area contributed by atoms with E-state index in [1.807, 2.05) is 0 Å². The number of hydrogen-bond donors (Lipinski definition) is 1. The van der Waals surface area contributed by atoms with Crippen LogP contribution in [0.15, 0.2) is 65.8 Å². The summed E-state index contributed by atoms with van der Waals surface area (Å²) in [5, 5.41) is 14.6. The number of hydrogen-bond acceptors (Lipinski definition) is 9. The third-order valence-corrected chi connectivity index (χ3v) is 4.73. The summed E-state index contributed by atoms with van der Waals surface area (Å²) in [6.45, 7) is 0. The highest BCUT2D eigenvalue weighted by atomic mass is 16.6. The van der Waals surface area contributed by atoms with E-state index in [4.69, 9.17) is 18.9 Å². The number of amides is 1. The van der Waals surface area contributed by atoms with Crippen LogP contribution in [-0.2, 0) is 0 Å². The van der Waals surface area contributed by atoms with Crippen molar-refractivity contribution in [2.24, 2.45) is 5.10 Å². The molecule has 3 rings (SSSR count). The van der Waals surface area contributed by atoms with Gasteiger partial charge in [-0.2, -0.15) is 5.10 Å². The summed E-state index contributed by atoms with van der Waals surface area (Å²) in [7, 11) is 4.37. The SMILES string of the molecule is COc1ccc(C(=O)Oc2ccc(/C=N/NC(=O)c3ccc([N+](=O)[O-])cc3)cc2OC)cc1OC. The third-order valence-electron chi connectivity index (χ3n) is 4.73. The summed E-state index contributed by atoms with van der Waals surface area (Å²) in [5.74, 6) is 0.149. The van der Waals surface area contributed by atoms with Gasteiger partial charge in [0.25, 0.3) is 11.6 Å². The number of nitrogens with zero attached hydrogens (tertiary/aromatic N) is 2. The number of benzene rings is 3. The van der Waals surface area contributed by atoms with Gasteiger partial charge in [-0.3, -0.25) is 14.9 Å². The zero-order valence-electron chi connectivity index (χ0n) is 19.0. The van der Waals surface area contributed by atoms with Crippen LogP contribution >= 0.6 is 0 Å². The van der Waals surface area contributed by atoms with Crippen molar-refractivity contribution in [3.63, 3.8) is 0 Å². The number of methoxy groups -OCH3 is 3. The first-order valence-electron chi connectivity index (χ1n) is 10.1. The second-order valence-corrected chi connectivity index (χ2v) is 6.87. The molecule has 0 spiro atoms. The Balaban J connectivity index is 1.67. The first kappa shape index (κ1) is 24.7. The smallest absolute Gasteiger partial charge is 0.343 e. The molecule has 1 N–H and O–H groups in total. The molecule has 0 aliphatic carbocycles. The Kier molecular flexibility index (Phi) is 7.96. The highest BCUT2D eigenvalue weighted by Crippen LogP contribution is 2.31. The minimum Gasteiger partial charge on any atom is -0.493 e. The normalized spacial score (nSPS) is 10.5. The Morgan fingerprint density at radius 1 is 0.829 bits per heavy atom. The number of nitro benzene ring substituents is 1. The highest BCUT2D eigenvalue weighted by Gasteiger charge is 2.16. The maximum atomic E-state index is 12.6. The summed E-state index contributed by atoms with van der Waals surface area (Å²) >= 11 is 0. The lowest BCUT2D eigenvalue weighted by molar-refractivity contribution is -0.384. The van der Waals surface area contributed by atoms with Crippen LogP contribution in [-0.4, -0.2) is 44.3 Å². The van der Waals surface area contributed by atoms with Gasteiger partial charge < -0.3 is 18.9 Å². The molecule has 3 aromatic carbocycles. The van der Waals surface area contributed by atoms with Crippen LogP contribution in [0, 0.1) is 10.1 Å². The van der Waals surface area contributed by atoms with Crippen LogP contribution in [0.25, 0.3) is 0 Å². The fourth-order valence-electron chi connectivity index (χ4n) is 2.94. The Hall–Kier alpha value is -4.93. The van der Waals surface area contributed by atoms with E-state index in [0.29, 0.717) is 17.1 Å². The van der Waals surface area contributed by atoms with Crippen LogP contribution in [0.4, 0.5) is 5.69 Å². The van der Waals surface area contributed by atoms with Gasteiger partial charge in [-0.05, 0) is 54.1 Å². The molecule has 180 valence electrons. The van der Waals surface area contributed by atoms with Gasteiger partial charge in [0.1, 0.15) is 0 Å². The fraction of sp³-hybridized carbons (Fsp3) is 0.125. The number of carbonyl (C=O) groups excluding carboxylic acids is 2. The van der Waals surface area contributed by atoms with Gasteiger partial charge >= 0.3 is 5.97 Å². The van der Waals surface area contributed by atoms with E-state index in [1.54, 1.807) is 24.3 Å². The first-order valence-corrected chi connectivity index (χ1v) is 10.1. The van der Waals surface area contributed by atoms with Crippen molar-refractivity contribution in [3.05, 3.63) is 87.5 Å². The molecule has 3 aromatic rings. The monoisotopic (exact) mass is 479 g/mol. The van der Waals surface area contributed by atoms with Gasteiger partial charge in [0.15, 0.2) is 23.0 Å². The van der Waals surface area contributed by atoms with Crippen LogP contribution in [0.3, 0.4) is 0 Å². The second-order valence-electron chi connectivity index (χ2n) is 6.87. The van der Waals surface area contributed by atoms with Gasteiger partial charge in [0, 0.05) is 17.7 Å². The number of rotatable bonds is 9. The van der Waals surface area contributed by atoms with Crippen molar-refractivity contribution in [2.75, 3.05) is 21.3 Å². The Bertz CT molecular complexity index is 1270. The minimum atomic E-state index is -0.624. The fourth-order valence-corrected chi connectivity index (χ4v) is 2.94. The molecular formula is C24H21N3O8. The van der Waals surface area contributed by atoms with Gasteiger partial charge in [0.05, 0.1) is 38.0 Å². The molecule has 0 unspecified atom stereocenters. The van der Waals surface area contributed by atoms with Crippen LogP contribution in [0.1, 0.15) is 26.3 Å². The molecule has 0 saturated heterocycles. The number of carbonyl (C=O) groups is 2. The molecule has 0 heterocycles. The van der Waals surface area contributed by atoms with Gasteiger partial charge in [-0.1, -0.05) is 0 Å². The van der Waals surface area contributed by atoms with Gasteiger partial charge in [-0.15, -0.1) is 0 Å². The molecule has 0 aromatic heterocycles. The maximum absolute atomic E-state index is 12.6. The van der Waals surface area contributed by atoms with Crippen molar-refractivity contribution >= 4 is 23.8 Å². The van der Waals surface area contributed by atoms with Crippen molar-refractivity contribution in [1.29, 1.82) is 0 Å². The predicted octanol–water partition coefficient (Wildman–Crippen LogP) is 3.60. The van der Waals surface area contributed by atoms with Gasteiger partial charge in [-0.25, -0.2) is 10.2 Å². The minimum absolute atomic E-state index is 0.121. The molecule has 0 bridgehead atoms. The first-order chi connectivity index (χ1) is 16.9. The average molecular weight is 479 g/mol. The van der Waals surface area contributed by atoms with Crippen molar-refractivity contribution in [1.82, 2.24) is 5.43 Å². The third kappa shape index (κ3) is 6.11. The van der Waals surface area contributed by atoms with Crippen LogP contribution < -0.4 is 24.4 Å². The van der Waals surface area contributed by atoms with Crippen molar-refractivity contribution in [2.45, 2.75) is 0 Å². The van der Waals surface area contributed by atoms with E-state index in [1.165, 1.54) is 63.9 Å². The Labute approximate surface area is 200 Å². The number of hydrazone groups is 1. The number of nitro groups is 1. The quantitative estimate of drug-likeness (QED) is 0.161. The maximum Gasteiger partial charge on any atom is 0.343 e. The summed E-state index contributed by atoms with van der Waals surface area (Å²) < 4.78 is 21.1. The molecule has 0 fully saturated rings. The Morgan fingerprint density at radius 3 is 2.06 bits per heavy atom. The van der Waals surface area contributed by atoms with Crippen molar-refractivity contribution < 1.29 is 33.5 Å².